The maximum atomic E-state index is 12.1. The Bertz CT molecular complexity index is 1020. The number of halogens is 1. The molecule has 4 nitrogen and oxygen atoms in total. The third kappa shape index (κ3) is 3.89. The van der Waals surface area contributed by atoms with Gasteiger partial charge in [0.25, 0.3) is 0 Å². The van der Waals surface area contributed by atoms with E-state index in [9.17, 15) is 8.42 Å². The summed E-state index contributed by atoms with van der Waals surface area (Å²) in [4.78, 5) is 6.91. The maximum absolute atomic E-state index is 12.1. The number of anilines is 1. The number of amidine groups is 1. The van der Waals surface area contributed by atoms with E-state index in [0.29, 0.717) is 0 Å². The lowest BCUT2D eigenvalue weighted by molar-refractivity contribution is 0.601. The van der Waals surface area contributed by atoms with Crippen LogP contribution in [0.15, 0.2) is 47.5 Å². The molecule has 2 atom stereocenters. The first-order chi connectivity index (χ1) is 12.8. The molecule has 0 aromatic heterocycles. The molecule has 2 aliphatic rings. The first-order valence-electron chi connectivity index (χ1n) is 8.84. The van der Waals surface area contributed by atoms with E-state index < -0.39 is 9.84 Å². The minimum atomic E-state index is -3.04. The number of nitrogens with zero attached hydrogens (tertiary/aromatic N) is 2. The van der Waals surface area contributed by atoms with E-state index in [1.54, 1.807) is 11.8 Å². The van der Waals surface area contributed by atoms with E-state index in [1.807, 2.05) is 24.3 Å². The average Bonchev–Trinajstić information content (AvgIpc) is 3.07. The van der Waals surface area contributed by atoms with Gasteiger partial charge in [-0.05, 0) is 54.8 Å². The fourth-order valence-electron chi connectivity index (χ4n) is 3.59. The van der Waals surface area contributed by atoms with E-state index in [-0.39, 0.29) is 23.6 Å². The van der Waals surface area contributed by atoms with Crippen LogP contribution in [0.4, 0.5) is 5.69 Å². The molecule has 4 rings (SSSR count). The van der Waals surface area contributed by atoms with Crippen molar-refractivity contribution in [3.05, 3.63) is 64.2 Å². The first kappa shape index (κ1) is 18.8. The third-order valence-corrected chi connectivity index (χ3v) is 8.11. The van der Waals surface area contributed by atoms with Crippen LogP contribution in [0.3, 0.4) is 0 Å². The number of aliphatic imine (C=N–C) groups is 1. The molecule has 0 radical (unpaired) electrons. The monoisotopic (exact) mass is 420 g/mol. The molecule has 0 N–H and O–H groups in total. The van der Waals surface area contributed by atoms with Gasteiger partial charge in [0, 0.05) is 16.5 Å². The molecule has 0 spiro atoms. The van der Waals surface area contributed by atoms with Crippen molar-refractivity contribution in [3.8, 4) is 0 Å². The van der Waals surface area contributed by atoms with Crippen LogP contribution in [0.1, 0.15) is 16.7 Å². The van der Waals surface area contributed by atoms with E-state index in [1.165, 1.54) is 11.1 Å². The lowest BCUT2D eigenvalue weighted by atomic mass is 10.1. The van der Waals surface area contributed by atoms with Crippen LogP contribution in [-0.2, 0) is 15.6 Å². The second kappa shape index (κ2) is 7.15. The Morgan fingerprint density at radius 3 is 2.70 bits per heavy atom. The van der Waals surface area contributed by atoms with Crippen LogP contribution in [0.25, 0.3) is 0 Å². The minimum absolute atomic E-state index is 0.112. The zero-order chi connectivity index (χ0) is 19.2. The second-order valence-corrected chi connectivity index (χ2v) is 10.7. The normalized spacial score (nSPS) is 23.4. The molecule has 2 aliphatic heterocycles. The summed E-state index contributed by atoms with van der Waals surface area (Å²) in [6.07, 6.45) is 0. The molecule has 0 amide bonds. The Kier molecular flexibility index (Phi) is 4.99. The Labute approximate surface area is 169 Å². The molecule has 2 heterocycles. The standard InChI is InChI=1S/C20H21ClN2O2S2/c1-13-6-7-17(8-14(13)2)23-19-12-27(24,25)11-18(19)22-20(23)26-10-15-4-3-5-16(21)9-15/h3-9,18-19H,10-12H2,1-2H3/t18-,19-/m0/s1. The van der Waals surface area contributed by atoms with Crippen LogP contribution in [0, 0.1) is 13.8 Å². The van der Waals surface area contributed by atoms with Gasteiger partial charge in [-0.15, -0.1) is 0 Å². The fourth-order valence-corrected chi connectivity index (χ4v) is 6.71. The largest absolute Gasteiger partial charge is 0.315 e. The zero-order valence-corrected chi connectivity index (χ0v) is 17.6. The van der Waals surface area contributed by atoms with Crippen LogP contribution in [0.2, 0.25) is 5.02 Å². The quantitative estimate of drug-likeness (QED) is 0.745. The molecule has 0 aliphatic carbocycles. The van der Waals surface area contributed by atoms with E-state index in [2.05, 4.69) is 36.9 Å². The highest BCUT2D eigenvalue weighted by Gasteiger charge is 2.47. The summed E-state index contributed by atoms with van der Waals surface area (Å²) in [6.45, 7) is 4.16. The fraction of sp³-hybridized carbons (Fsp3) is 0.350. The van der Waals surface area contributed by atoms with Crippen molar-refractivity contribution >= 4 is 44.1 Å². The number of fused-ring (bicyclic) bond motifs is 1. The number of rotatable bonds is 3. The van der Waals surface area contributed by atoms with Gasteiger partial charge in [-0.3, -0.25) is 4.99 Å². The number of sulfone groups is 1. The highest BCUT2D eigenvalue weighted by molar-refractivity contribution is 8.13. The summed E-state index contributed by atoms with van der Waals surface area (Å²) in [5.41, 5.74) is 4.55. The number of hydrogen-bond donors (Lipinski definition) is 0. The van der Waals surface area contributed by atoms with Crippen LogP contribution in [0.5, 0.6) is 0 Å². The summed E-state index contributed by atoms with van der Waals surface area (Å²) < 4.78 is 24.3. The average molecular weight is 421 g/mol. The Hall–Kier alpha value is -1.50. The van der Waals surface area contributed by atoms with E-state index in [4.69, 9.17) is 16.6 Å². The molecule has 2 aromatic rings. The van der Waals surface area contributed by atoms with Crippen LogP contribution < -0.4 is 4.90 Å². The predicted molar refractivity (Wildman–Crippen MR) is 115 cm³/mol. The summed E-state index contributed by atoms with van der Waals surface area (Å²) in [7, 11) is -3.04. The topological polar surface area (TPSA) is 49.7 Å². The van der Waals surface area contributed by atoms with Crippen molar-refractivity contribution in [2.45, 2.75) is 31.7 Å². The predicted octanol–water partition coefficient (Wildman–Crippen LogP) is 4.23. The number of aryl methyl sites for hydroxylation is 2. The van der Waals surface area contributed by atoms with Crippen LogP contribution in [-0.4, -0.2) is 37.2 Å². The van der Waals surface area contributed by atoms with Gasteiger partial charge in [-0.25, -0.2) is 8.42 Å². The number of benzene rings is 2. The lowest BCUT2D eigenvalue weighted by Crippen LogP contribution is -2.39. The Morgan fingerprint density at radius 1 is 1.15 bits per heavy atom. The van der Waals surface area contributed by atoms with Gasteiger partial charge in [-0.1, -0.05) is 41.6 Å². The van der Waals surface area contributed by atoms with Gasteiger partial charge in [-0.2, -0.15) is 0 Å². The van der Waals surface area contributed by atoms with Gasteiger partial charge in [0.05, 0.1) is 23.6 Å². The molecular weight excluding hydrogens is 400 g/mol. The number of hydrogen-bond acceptors (Lipinski definition) is 5. The van der Waals surface area contributed by atoms with Crippen molar-refractivity contribution < 1.29 is 8.42 Å². The lowest BCUT2D eigenvalue weighted by Gasteiger charge is -2.27. The molecule has 27 heavy (non-hydrogen) atoms. The van der Waals surface area contributed by atoms with E-state index in [0.717, 1.165) is 27.2 Å². The van der Waals surface area contributed by atoms with Crippen molar-refractivity contribution in [1.82, 2.24) is 0 Å². The van der Waals surface area contributed by atoms with Gasteiger partial charge in [0.2, 0.25) is 0 Å². The zero-order valence-electron chi connectivity index (χ0n) is 15.2. The van der Waals surface area contributed by atoms with Crippen molar-refractivity contribution in [3.63, 3.8) is 0 Å². The smallest absolute Gasteiger partial charge is 0.164 e. The van der Waals surface area contributed by atoms with Crippen molar-refractivity contribution in [2.24, 2.45) is 4.99 Å². The summed E-state index contributed by atoms with van der Waals surface area (Å²) in [6, 6.07) is 13.8. The maximum Gasteiger partial charge on any atom is 0.164 e. The van der Waals surface area contributed by atoms with Crippen LogP contribution >= 0.6 is 23.4 Å². The summed E-state index contributed by atoms with van der Waals surface area (Å²) in [5, 5.41) is 1.61. The summed E-state index contributed by atoms with van der Waals surface area (Å²) in [5.74, 6) is 1.04. The molecule has 7 heteroatoms. The van der Waals surface area contributed by atoms with Gasteiger partial charge in [0.15, 0.2) is 15.0 Å². The molecule has 0 bridgehead atoms. The Balaban J connectivity index is 1.64. The van der Waals surface area contributed by atoms with Crippen molar-refractivity contribution in [1.29, 1.82) is 0 Å². The van der Waals surface area contributed by atoms with Gasteiger partial charge in [0.1, 0.15) is 0 Å². The Morgan fingerprint density at radius 2 is 1.96 bits per heavy atom. The molecule has 142 valence electrons. The molecule has 1 fully saturated rings. The molecule has 2 aromatic carbocycles. The molecule has 0 saturated carbocycles. The second-order valence-electron chi connectivity index (χ2n) is 7.18. The van der Waals surface area contributed by atoms with E-state index >= 15 is 0 Å². The molecule has 0 unspecified atom stereocenters. The third-order valence-electron chi connectivity index (χ3n) is 5.13. The first-order valence-corrected chi connectivity index (χ1v) is 12.0. The van der Waals surface area contributed by atoms with Gasteiger partial charge < -0.3 is 4.90 Å². The summed E-state index contributed by atoms with van der Waals surface area (Å²) >= 11 is 7.73. The highest BCUT2D eigenvalue weighted by Crippen LogP contribution is 2.36. The SMILES string of the molecule is Cc1ccc(N2C(SCc3cccc(Cl)c3)=N[C@H]3CS(=O)(=O)C[C@@H]32)cc1C. The van der Waals surface area contributed by atoms with Crippen molar-refractivity contribution in [2.75, 3.05) is 16.4 Å². The van der Waals surface area contributed by atoms with Gasteiger partial charge >= 0.3 is 0 Å². The highest BCUT2D eigenvalue weighted by atomic mass is 35.5. The molecular formula is C20H21ClN2O2S2. The minimum Gasteiger partial charge on any atom is -0.315 e. The number of thioether (sulfide) groups is 1. The molecule has 1 saturated heterocycles.